The molecule has 1 fully saturated rings. The summed E-state index contributed by atoms with van der Waals surface area (Å²) in [4.78, 5) is 7.03. The molecule has 1 aliphatic rings. The van der Waals surface area contributed by atoms with Gasteiger partial charge in [-0.05, 0) is 31.9 Å². The van der Waals surface area contributed by atoms with Crippen LogP contribution in [-0.2, 0) is 6.54 Å². The van der Waals surface area contributed by atoms with E-state index in [-0.39, 0.29) is 5.54 Å². The summed E-state index contributed by atoms with van der Waals surface area (Å²) in [5, 5.41) is 3.64. The topological polar surface area (TPSA) is 28.2 Å². The van der Waals surface area contributed by atoms with Crippen molar-refractivity contribution < 1.29 is 0 Å². The second-order valence-electron chi connectivity index (χ2n) is 6.30. The third kappa shape index (κ3) is 3.30. The average molecular weight is 247 g/mol. The normalized spacial score (nSPS) is 24.4. The monoisotopic (exact) mass is 247 g/mol. The van der Waals surface area contributed by atoms with Crippen LogP contribution in [0.25, 0.3) is 0 Å². The van der Waals surface area contributed by atoms with Crippen molar-refractivity contribution in [3.63, 3.8) is 0 Å². The predicted octanol–water partition coefficient (Wildman–Crippen LogP) is 2.29. The van der Waals surface area contributed by atoms with E-state index in [0.717, 1.165) is 19.6 Å². The molecule has 1 N–H and O–H groups in total. The Morgan fingerprint density at radius 3 is 2.83 bits per heavy atom. The number of rotatable bonds is 3. The molecule has 3 nitrogen and oxygen atoms in total. The molecule has 1 aromatic rings. The van der Waals surface area contributed by atoms with Gasteiger partial charge in [0.15, 0.2) is 0 Å². The van der Waals surface area contributed by atoms with Gasteiger partial charge in [-0.3, -0.25) is 9.88 Å². The van der Waals surface area contributed by atoms with E-state index in [9.17, 15) is 0 Å². The Hall–Kier alpha value is -0.930. The number of pyridine rings is 1. The zero-order chi connectivity index (χ0) is 13.2. The van der Waals surface area contributed by atoms with Gasteiger partial charge in [-0.1, -0.05) is 19.9 Å². The molecule has 1 unspecified atom stereocenters. The van der Waals surface area contributed by atoms with Crippen molar-refractivity contribution in [2.75, 3.05) is 13.1 Å². The Balaban J connectivity index is 2.10. The van der Waals surface area contributed by atoms with E-state index in [4.69, 9.17) is 0 Å². The van der Waals surface area contributed by atoms with Gasteiger partial charge in [0, 0.05) is 37.4 Å². The molecule has 1 aromatic heterocycles. The zero-order valence-corrected chi connectivity index (χ0v) is 12.0. The van der Waals surface area contributed by atoms with Gasteiger partial charge < -0.3 is 5.32 Å². The minimum atomic E-state index is 0.195. The number of piperazine rings is 1. The van der Waals surface area contributed by atoms with Gasteiger partial charge in [-0.25, -0.2) is 0 Å². The molecule has 3 heteroatoms. The van der Waals surface area contributed by atoms with Crippen LogP contribution in [0.3, 0.4) is 0 Å². The highest BCUT2D eigenvalue weighted by Gasteiger charge is 2.33. The lowest BCUT2D eigenvalue weighted by Crippen LogP contribution is -2.62. The average Bonchev–Trinajstić information content (AvgIpc) is 2.28. The van der Waals surface area contributed by atoms with Crippen LogP contribution >= 0.6 is 0 Å². The molecule has 2 rings (SSSR count). The zero-order valence-electron chi connectivity index (χ0n) is 12.0. The molecule has 0 aliphatic carbocycles. The van der Waals surface area contributed by atoms with Gasteiger partial charge in [-0.15, -0.1) is 0 Å². The number of aromatic nitrogens is 1. The quantitative estimate of drug-likeness (QED) is 0.888. The summed E-state index contributed by atoms with van der Waals surface area (Å²) in [7, 11) is 0. The SMILES string of the molecule is CC(C)C1CNC(C)(C)CN1Cc1ccccn1. The van der Waals surface area contributed by atoms with Gasteiger partial charge in [0.25, 0.3) is 0 Å². The molecule has 2 heterocycles. The van der Waals surface area contributed by atoms with Crippen LogP contribution in [0, 0.1) is 5.92 Å². The van der Waals surface area contributed by atoms with E-state index in [1.165, 1.54) is 5.69 Å². The van der Waals surface area contributed by atoms with E-state index in [1.54, 1.807) is 0 Å². The van der Waals surface area contributed by atoms with Crippen molar-refractivity contribution in [3.05, 3.63) is 30.1 Å². The van der Waals surface area contributed by atoms with Gasteiger partial charge in [0.05, 0.1) is 5.69 Å². The first-order valence-electron chi connectivity index (χ1n) is 6.87. The molecule has 0 saturated carbocycles. The van der Waals surface area contributed by atoms with Crippen LogP contribution in [0.5, 0.6) is 0 Å². The largest absolute Gasteiger partial charge is 0.309 e. The Kier molecular flexibility index (Phi) is 4.03. The minimum absolute atomic E-state index is 0.195. The van der Waals surface area contributed by atoms with Gasteiger partial charge in [0.1, 0.15) is 0 Å². The van der Waals surface area contributed by atoms with Crippen molar-refractivity contribution in [2.24, 2.45) is 5.92 Å². The summed E-state index contributed by atoms with van der Waals surface area (Å²) in [6.07, 6.45) is 1.88. The summed E-state index contributed by atoms with van der Waals surface area (Å²) < 4.78 is 0. The molecule has 100 valence electrons. The molecule has 1 saturated heterocycles. The van der Waals surface area contributed by atoms with Crippen molar-refractivity contribution in [2.45, 2.75) is 45.8 Å². The third-order valence-electron chi connectivity index (χ3n) is 3.72. The molecule has 1 aliphatic heterocycles. The lowest BCUT2D eigenvalue weighted by Gasteiger charge is -2.46. The van der Waals surface area contributed by atoms with E-state index >= 15 is 0 Å². The number of nitrogens with one attached hydrogen (secondary N) is 1. The maximum Gasteiger partial charge on any atom is 0.0544 e. The van der Waals surface area contributed by atoms with E-state index in [1.807, 2.05) is 12.3 Å². The summed E-state index contributed by atoms with van der Waals surface area (Å²) >= 11 is 0. The Morgan fingerprint density at radius 1 is 1.44 bits per heavy atom. The van der Waals surface area contributed by atoms with Gasteiger partial charge >= 0.3 is 0 Å². The standard InChI is InChI=1S/C15H25N3/c1-12(2)14-9-17-15(3,4)11-18(14)10-13-7-5-6-8-16-13/h5-8,12,14,17H,9-11H2,1-4H3. The highest BCUT2D eigenvalue weighted by atomic mass is 15.3. The van der Waals surface area contributed by atoms with Crippen molar-refractivity contribution >= 4 is 0 Å². The summed E-state index contributed by atoms with van der Waals surface area (Å²) in [5.41, 5.74) is 1.36. The number of hydrogen-bond acceptors (Lipinski definition) is 3. The maximum absolute atomic E-state index is 4.45. The van der Waals surface area contributed by atoms with Gasteiger partial charge in [0.2, 0.25) is 0 Å². The van der Waals surface area contributed by atoms with Crippen LogP contribution in [-0.4, -0.2) is 34.6 Å². The van der Waals surface area contributed by atoms with Crippen LogP contribution in [0.4, 0.5) is 0 Å². The first kappa shape index (κ1) is 13.5. The predicted molar refractivity (Wildman–Crippen MR) is 75.4 cm³/mol. The molecule has 0 bridgehead atoms. The minimum Gasteiger partial charge on any atom is -0.309 e. The first-order valence-corrected chi connectivity index (χ1v) is 6.87. The Labute approximate surface area is 111 Å². The summed E-state index contributed by atoms with van der Waals surface area (Å²) in [5.74, 6) is 0.664. The third-order valence-corrected chi connectivity index (χ3v) is 3.72. The molecular formula is C15H25N3. The van der Waals surface area contributed by atoms with Crippen molar-refractivity contribution in [1.29, 1.82) is 0 Å². The highest BCUT2D eigenvalue weighted by Crippen LogP contribution is 2.21. The Bertz CT molecular complexity index is 373. The Morgan fingerprint density at radius 2 is 2.22 bits per heavy atom. The van der Waals surface area contributed by atoms with Crippen LogP contribution in [0.1, 0.15) is 33.4 Å². The molecule has 0 aromatic carbocycles. The molecule has 0 radical (unpaired) electrons. The lowest BCUT2D eigenvalue weighted by molar-refractivity contribution is 0.0617. The fourth-order valence-corrected chi connectivity index (χ4v) is 2.72. The van der Waals surface area contributed by atoms with Gasteiger partial charge in [-0.2, -0.15) is 0 Å². The highest BCUT2D eigenvalue weighted by molar-refractivity contribution is 5.05. The second-order valence-corrected chi connectivity index (χ2v) is 6.30. The molecule has 0 spiro atoms. The van der Waals surface area contributed by atoms with E-state index in [0.29, 0.717) is 12.0 Å². The first-order chi connectivity index (χ1) is 8.48. The van der Waals surface area contributed by atoms with Crippen LogP contribution < -0.4 is 5.32 Å². The van der Waals surface area contributed by atoms with Crippen LogP contribution in [0.15, 0.2) is 24.4 Å². The van der Waals surface area contributed by atoms with E-state index in [2.05, 4.69) is 55.0 Å². The second kappa shape index (κ2) is 5.37. The van der Waals surface area contributed by atoms with Crippen LogP contribution in [0.2, 0.25) is 0 Å². The smallest absolute Gasteiger partial charge is 0.0544 e. The summed E-state index contributed by atoms with van der Waals surface area (Å²) in [6.45, 7) is 12.2. The van der Waals surface area contributed by atoms with E-state index < -0.39 is 0 Å². The fourth-order valence-electron chi connectivity index (χ4n) is 2.72. The number of nitrogens with zero attached hydrogens (tertiary/aromatic N) is 2. The van der Waals surface area contributed by atoms with Crippen molar-refractivity contribution in [3.8, 4) is 0 Å². The molecule has 0 amide bonds. The molecule has 18 heavy (non-hydrogen) atoms. The number of hydrogen-bond donors (Lipinski definition) is 1. The molecule has 1 atom stereocenters. The summed E-state index contributed by atoms with van der Waals surface area (Å²) in [6, 6.07) is 6.76. The molecular weight excluding hydrogens is 222 g/mol. The fraction of sp³-hybridized carbons (Fsp3) is 0.667. The van der Waals surface area contributed by atoms with Crippen molar-refractivity contribution in [1.82, 2.24) is 15.2 Å². The lowest BCUT2D eigenvalue weighted by atomic mass is 9.93. The maximum atomic E-state index is 4.45.